The van der Waals surface area contributed by atoms with Crippen molar-refractivity contribution in [2.75, 3.05) is 13.1 Å². The molecule has 0 aliphatic rings. The molecule has 1 heterocycles. The second-order valence-corrected chi connectivity index (χ2v) is 4.85. The molecule has 0 saturated heterocycles. The van der Waals surface area contributed by atoms with Crippen LogP contribution in [0.1, 0.15) is 27.1 Å². The van der Waals surface area contributed by atoms with E-state index >= 15 is 0 Å². The zero-order valence-corrected chi connectivity index (χ0v) is 12.3. The van der Waals surface area contributed by atoms with Crippen molar-refractivity contribution in [1.29, 1.82) is 0 Å². The van der Waals surface area contributed by atoms with Crippen molar-refractivity contribution >= 4 is 11.8 Å². The number of phenolic OH excluding ortho intramolecular Hbond substituents is 2. The molecular weight excluding hydrogens is 298 g/mol. The summed E-state index contributed by atoms with van der Waals surface area (Å²) in [5.74, 6) is -0.991. The third-order valence-electron chi connectivity index (χ3n) is 3.01. The number of amides is 2. The van der Waals surface area contributed by atoms with Crippen molar-refractivity contribution < 1.29 is 19.8 Å². The van der Waals surface area contributed by atoms with Gasteiger partial charge in [0, 0.05) is 37.1 Å². The highest BCUT2D eigenvalue weighted by atomic mass is 16.3. The Bertz CT molecular complexity index is 669. The minimum absolute atomic E-state index is 0.168. The second-order valence-electron chi connectivity index (χ2n) is 4.85. The molecule has 120 valence electrons. The van der Waals surface area contributed by atoms with E-state index in [1.807, 2.05) is 0 Å². The summed E-state index contributed by atoms with van der Waals surface area (Å²) < 4.78 is 0. The summed E-state index contributed by atoms with van der Waals surface area (Å²) in [4.78, 5) is 27.4. The smallest absolute Gasteiger partial charge is 0.252 e. The van der Waals surface area contributed by atoms with Gasteiger partial charge in [0.05, 0.1) is 5.56 Å². The molecular formula is C16H17N3O4. The van der Waals surface area contributed by atoms with Gasteiger partial charge in [-0.3, -0.25) is 14.6 Å². The van der Waals surface area contributed by atoms with Gasteiger partial charge in [-0.25, -0.2) is 0 Å². The molecule has 23 heavy (non-hydrogen) atoms. The van der Waals surface area contributed by atoms with Crippen molar-refractivity contribution in [2.24, 2.45) is 0 Å². The lowest BCUT2D eigenvalue weighted by molar-refractivity contribution is 0.0951. The van der Waals surface area contributed by atoms with E-state index in [1.165, 1.54) is 18.3 Å². The van der Waals surface area contributed by atoms with Crippen LogP contribution in [0.25, 0.3) is 0 Å². The van der Waals surface area contributed by atoms with Crippen LogP contribution < -0.4 is 10.6 Å². The fourth-order valence-corrected chi connectivity index (χ4v) is 1.92. The Labute approximate surface area is 133 Å². The summed E-state index contributed by atoms with van der Waals surface area (Å²) in [7, 11) is 0. The lowest BCUT2D eigenvalue weighted by atomic mass is 10.2. The zero-order valence-electron chi connectivity index (χ0n) is 12.3. The van der Waals surface area contributed by atoms with E-state index in [2.05, 4.69) is 15.6 Å². The molecule has 0 bridgehead atoms. The first-order chi connectivity index (χ1) is 11.1. The summed E-state index contributed by atoms with van der Waals surface area (Å²) in [6.45, 7) is 0.752. The number of aromatic nitrogens is 1. The molecule has 2 rings (SSSR count). The molecule has 0 fully saturated rings. The number of benzene rings is 1. The molecule has 7 heteroatoms. The van der Waals surface area contributed by atoms with Gasteiger partial charge in [-0.05, 0) is 30.7 Å². The minimum Gasteiger partial charge on any atom is -0.508 e. The van der Waals surface area contributed by atoms with Crippen LogP contribution in [0.2, 0.25) is 0 Å². The molecule has 1 aromatic heterocycles. The van der Waals surface area contributed by atoms with E-state index in [0.29, 0.717) is 25.1 Å². The van der Waals surface area contributed by atoms with E-state index < -0.39 is 5.91 Å². The maximum Gasteiger partial charge on any atom is 0.252 e. The maximum absolute atomic E-state index is 11.8. The highest BCUT2D eigenvalue weighted by Crippen LogP contribution is 2.20. The molecule has 0 spiro atoms. The number of aromatic hydroxyl groups is 2. The van der Waals surface area contributed by atoms with E-state index in [9.17, 15) is 19.8 Å². The summed E-state index contributed by atoms with van der Waals surface area (Å²) in [5, 5.41) is 24.0. The first-order valence-electron chi connectivity index (χ1n) is 7.06. The monoisotopic (exact) mass is 315 g/mol. The first-order valence-corrected chi connectivity index (χ1v) is 7.06. The van der Waals surface area contributed by atoms with Gasteiger partial charge in [-0.2, -0.15) is 0 Å². The normalized spacial score (nSPS) is 10.1. The van der Waals surface area contributed by atoms with Crippen molar-refractivity contribution in [1.82, 2.24) is 15.6 Å². The van der Waals surface area contributed by atoms with Crippen LogP contribution in [0.4, 0.5) is 0 Å². The molecule has 0 atom stereocenters. The largest absolute Gasteiger partial charge is 0.508 e. The Morgan fingerprint density at radius 1 is 0.957 bits per heavy atom. The van der Waals surface area contributed by atoms with Crippen LogP contribution >= 0.6 is 0 Å². The van der Waals surface area contributed by atoms with Crippen LogP contribution in [-0.2, 0) is 0 Å². The number of hydrogen-bond acceptors (Lipinski definition) is 5. The average Bonchev–Trinajstić information content (AvgIpc) is 2.54. The third-order valence-corrected chi connectivity index (χ3v) is 3.01. The molecule has 0 unspecified atom stereocenters. The summed E-state index contributed by atoms with van der Waals surface area (Å²) in [6.07, 6.45) is 3.61. The van der Waals surface area contributed by atoms with Crippen LogP contribution in [-0.4, -0.2) is 40.1 Å². The number of nitrogens with zero attached hydrogens (tertiary/aromatic N) is 1. The SMILES string of the molecule is O=C(NCCCNC(=O)c1cc(O)cc(O)c1)c1cccnc1. The van der Waals surface area contributed by atoms with E-state index in [-0.39, 0.29) is 23.0 Å². The van der Waals surface area contributed by atoms with Crippen molar-refractivity contribution in [3.8, 4) is 11.5 Å². The van der Waals surface area contributed by atoms with Gasteiger partial charge in [-0.15, -0.1) is 0 Å². The fraction of sp³-hybridized carbons (Fsp3) is 0.188. The van der Waals surface area contributed by atoms with Crippen molar-refractivity contribution in [3.05, 3.63) is 53.9 Å². The predicted molar refractivity (Wildman–Crippen MR) is 83.3 cm³/mol. The van der Waals surface area contributed by atoms with Gasteiger partial charge in [0.25, 0.3) is 11.8 Å². The molecule has 0 radical (unpaired) electrons. The summed E-state index contributed by atoms with van der Waals surface area (Å²) in [5.41, 5.74) is 0.647. The molecule has 1 aromatic carbocycles. The van der Waals surface area contributed by atoms with Gasteiger partial charge in [0.15, 0.2) is 0 Å². The van der Waals surface area contributed by atoms with Gasteiger partial charge in [-0.1, -0.05) is 0 Å². The summed E-state index contributed by atoms with van der Waals surface area (Å²) >= 11 is 0. The highest BCUT2D eigenvalue weighted by Gasteiger charge is 2.08. The maximum atomic E-state index is 11.8. The zero-order chi connectivity index (χ0) is 16.7. The van der Waals surface area contributed by atoms with Crippen LogP contribution in [0.15, 0.2) is 42.7 Å². The number of carbonyl (C=O) groups excluding carboxylic acids is 2. The van der Waals surface area contributed by atoms with Crippen LogP contribution in [0, 0.1) is 0 Å². The standard InChI is InChI=1S/C16H17N3O4/c20-13-7-12(8-14(21)9-13)16(23)19-6-2-5-18-15(22)11-3-1-4-17-10-11/h1,3-4,7-10,20-21H,2,5-6H2,(H,18,22)(H,19,23). The fourth-order valence-electron chi connectivity index (χ4n) is 1.92. The van der Waals surface area contributed by atoms with Crippen LogP contribution in [0.3, 0.4) is 0 Å². The van der Waals surface area contributed by atoms with Crippen molar-refractivity contribution in [3.63, 3.8) is 0 Å². The van der Waals surface area contributed by atoms with E-state index in [1.54, 1.807) is 18.3 Å². The molecule has 2 amide bonds. The van der Waals surface area contributed by atoms with Gasteiger partial charge < -0.3 is 20.8 Å². The topological polar surface area (TPSA) is 112 Å². The van der Waals surface area contributed by atoms with Crippen molar-refractivity contribution in [2.45, 2.75) is 6.42 Å². The van der Waals surface area contributed by atoms with Gasteiger partial charge >= 0.3 is 0 Å². The Kier molecular flexibility index (Phi) is 5.51. The number of nitrogens with one attached hydrogen (secondary N) is 2. The Hall–Kier alpha value is -3.09. The quantitative estimate of drug-likeness (QED) is 0.595. The number of rotatable bonds is 6. The first kappa shape index (κ1) is 16.3. The molecule has 7 nitrogen and oxygen atoms in total. The highest BCUT2D eigenvalue weighted by molar-refractivity contribution is 5.95. The lowest BCUT2D eigenvalue weighted by Crippen LogP contribution is -2.29. The second kappa shape index (κ2) is 7.79. The lowest BCUT2D eigenvalue weighted by Gasteiger charge is -2.07. The number of carbonyl (C=O) groups is 2. The Morgan fingerprint density at radius 3 is 2.13 bits per heavy atom. The average molecular weight is 315 g/mol. The third kappa shape index (κ3) is 4.99. The Balaban J connectivity index is 1.71. The number of pyridine rings is 1. The minimum atomic E-state index is -0.408. The van der Waals surface area contributed by atoms with Gasteiger partial charge in [0.1, 0.15) is 11.5 Å². The molecule has 0 saturated carbocycles. The molecule has 2 aromatic rings. The number of phenols is 2. The summed E-state index contributed by atoms with van der Waals surface area (Å²) in [6, 6.07) is 7.02. The Morgan fingerprint density at radius 2 is 1.57 bits per heavy atom. The van der Waals surface area contributed by atoms with E-state index in [0.717, 1.165) is 6.07 Å². The molecule has 4 N–H and O–H groups in total. The predicted octanol–water partition coefficient (Wildman–Crippen LogP) is 1.04. The molecule has 0 aliphatic heterocycles. The van der Waals surface area contributed by atoms with Crippen LogP contribution in [0.5, 0.6) is 11.5 Å². The van der Waals surface area contributed by atoms with E-state index in [4.69, 9.17) is 0 Å². The number of hydrogen-bond donors (Lipinski definition) is 4. The van der Waals surface area contributed by atoms with Gasteiger partial charge in [0.2, 0.25) is 0 Å². The molecule has 0 aliphatic carbocycles.